The molecule has 0 fully saturated rings. The Bertz CT molecular complexity index is 655. The molecule has 0 saturated heterocycles. The number of nitrogens with zero attached hydrogens (tertiary/aromatic N) is 1. The molecule has 0 spiro atoms. The third-order valence-electron chi connectivity index (χ3n) is 3.80. The summed E-state index contributed by atoms with van der Waals surface area (Å²) in [5.74, 6) is -0.276. The summed E-state index contributed by atoms with van der Waals surface area (Å²) >= 11 is 0. The highest BCUT2D eigenvalue weighted by atomic mass is 16.2. The lowest BCUT2D eigenvalue weighted by atomic mass is 9.87. The van der Waals surface area contributed by atoms with Crippen LogP contribution in [0.1, 0.15) is 75.1 Å². The van der Waals surface area contributed by atoms with E-state index >= 15 is 0 Å². The van der Waals surface area contributed by atoms with Gasteiger partial charge in [0.1, 0.15) is 0 Å². The summed E-state index contributed by atoms with van der Waals surface area (Å²) in [6.07, 6.45) is 4.48. The van der Waals surface area contributed by atoms with Crippen LogP contribution in [0.4, 0.5) is 0 Å². The van der Waals surface area contributed by atoms with Gasteiger partial charge in [0.25, 0.3) is 5.91 Å². The van der Waals surface area contributed by atoms with Crippen molar-refractivity contribution in [2.45, 2.75) is 54.4 Å². The number of Topliss-reactive ketones (excluding diaryl/α,β-unsaturated/α-hetero) is 1. The Morgan fingerprint density at radius 1 is 0.846 bits per heavy atom. The van der Waals surface area contributed by atoms with E-state index in [1.807, 2.05) is 41.5 Å². The minimum absolute atomic E-state index is 0.0212. The topological polar surface area (TPSA) is 88.2 Å². The predicted octanol–water partition coefficient (Wildman–Crippen LogP) is 2.98. The first-order chi connectivity index (χ1) is 11.9. The van der Waals surface area contributed by atoms with Crippen LogP contribution in [-0.4, -0.2) is 35.7 Å². The average Bonchev–Trinajstić information content (AvgIpc) is 2.55. The van der Waals surface area contributed by atoms with E-state index in [0.717, 1.165) is 12.8 Å². The van der Waals surface area contributed by atoms with Gasteiger partial charge in [0, 0.05) is 41.9 Å². The van der Waals surface area contributed by atoms with Gasteiger partial charge in [0.15, 0.2) is 5.78 Å². The molecule has 0 aromatic carbocycles. The van der Waals surface area contributed by atoms with Crippen LogP contribution in [0.15, 0.2) is 18.5 Å². The average molecular weight is 361 g/mol. The van der Waals surface area contributed by atoms with Crippen molar-refractivity contribution >= 4 is 17.6 Å². The Kier molecular flexibility index (Phi) is 7.48. The van der Waals surface area contributed by atoms with E-state index in [1.54, 1.807) is 6.07 Å². The zero-order valence-corrected chi connectivity index (χ0v) is 16.7. The zero-order chi connectivity index (χ0) is 20.0. The first kappa shape index (κ1) is 21.8. The van der Waals surface area contributed by atoms with E-state index in [9.17, 15) is 14.4 Å². The van der Waals surface area contributed by atoms with E-state index < -0.39 is 10.8 Å². The minimum atomic E-state index is -0.520. The molecule has 0 aliphatic carbocycles. The number of unbranched alkanes of at least 4 members (excludes halogenated alkanes) is 1. The fraction of sp³-hybridized carbons (Fsp3) is 0.600. The third-order valence-corrected chi connectivity index (χ3v) is 3.80. The minimum Gasteiger partial charge on any atom is -0.356 e. The summed E-state index contributed by atoms with van der Waals surface area (Å²) in [5.41, 5.74) is -0.0958. The molecule has 1 heterocycles. The molecule has 0 saturated carbocycles. The molecule has 1 rings (SSSR count). The van der Waals surface area contributed by atoms with E-state index in [2.05, 4.69) is 15.6 Å². The van der Waals surface area contributed by atoms with Crippen LogP contribution in [0.3, 0.4) is 0 Å². The number of rotatable bonds is 7. The molecule has 0 aliphatic rings. The van der Waals surface area contributed by atoms with Crippen molar-refractivity contribution in [1.82, 2.24) is 15.6 Å². The van der Waals surface area contributed by atoms with E-state index in [-0.39, 0.29) is 17.6 Å². The van der Waals surface area contributed by atoms with Crippen LogP contribution in [-0.2, 0) is 4.79 Å². The smallest absolute Gasteiger partial charge is 0.252 e. The Balaban J connectivity index is 2.43. The van der Waals surface area contributed by atoms with Gasteiger partial charge in [-0.25, -0.2) is 0 Å². The van der Waals surface area contributed by atoms with E-state index in [1.165, 1.54) is 12.4 Å². The van der Waals surface area contributed by atoms with Crippen molar-refractivity contribution in [3.05, 3.63) is 29.6 Å². The van der Waals surface area contributed by atoms with Gasteiger partial charge in [-0.2, -0.15) is 0 Å². The maximum absolute atomic E-state index is 12.3. The van der Waals surface area contributed by atoms with Crippen molar-refractivity contribution in [1.29, 1.82) is 0 Å². The molecule has 0 bridgehead atoms. The van der Waals surface area contributed by atoms with Crippen LogP contribution >= 0.6 is 0 Å². The molecular formula is C20H31N3O3. The van der Waals surface area contributed by atoms with Gasteiger partial charge in [-0.15, -0.1) is 0 Å². The number of ketones is 1. The van der Waals surface area contributed by atoms with Crippen molar-refractivity contribution in [3.8, 4) is 0 Å². The Morgan fingerprint density at radius 2 is 1.38 bits per heavy atom. The molecule has 1 aromatic heterocycles. The van der Waals surface area contributed by atoms with Crippen molar-refractivity contribution in [2.24, 2.45) is 10.8 Å². The number of pyridine rings is 1. The molecule has 1 aromatic rings. The lowest BCUT2D eigenvalue weighted by molar-refractivity contribution is -0.128. The molecular weight excluding hydrogens is 330 g/mol. The summed E-state index contributed by atoms with van der Waals surface area (Å²) < 4.78 is 0. The van der Waals surface area contributed by atoms with Crippen LogP contribution in [0.25, 0.3) is 0 Å². The van der Waals surface area contributed by atoms with Gasteiger partial charge in [-0.1, -0.05) is 41.5 Å². The maximum atomic E-state index is 12.3. The number of hydrogen-bond donors (Lipinski definition) is 2. The maximum Gasteiger partial charge on any atom is 0.252 e. The summed E-state index contributed by atoms with van der Waals surface area (Å²) in [6, 6.07) is 1.58. The zero-order valence-electron chi connectivity index (χ0n) is 16.7. The van der Waals surface area contributed by atoms with Gasteiger partial charge in [0.05, 0.1) is 5.56 Å². The molecule has 6 nitrogen and oxygen atoms in total. The number of aromatic nitrogens is 1. The number of carbonyl (C=O) groups is 3. The van der Waals surface area contributed by atoms with Crippen molar-refractivity contribution in [2.75, 3.05) is 13.1 Å². The lowest BCUT2D eigenvalue weighted by Crippen LogP contribution is -2.35. The second-order valence-corrected chi connectivity index (χ2v) is 8.51. The number of nitrogens with one attached hydrogen (secondary N) is 2. The Hall–Kier alpha value is -2.24. The standard InChI is InChI=1S/C20H31N3O3/c1-19(2,3)16(24)14-11-15(13-21-12-14)17(25)22-9-7-8-10-23-18(26)20(4,5)6/h11-13H,7-10H2,1-6H3,(H,22,25)(H,23,26). The molecule has 6 heteroatoms. The monoisotopic (exact) mass is 361 g/mol. The quantitative estimate of drug-likeness (QED) is 0.577. The van der Waals surface area contributed by atoms with Crippen molar-refractivity contribution < 1.29 is 14.4 Å². The molecule has 0 aliphatic heterocycles. The first-order valence-corrected chi connectivity index (χ1v) is 8.99. The van der Waals surface area contributed by atoms with Crippen LogP contribution in [0, 0.1) is 10.8 Å². The lowest BCUT2D eigenvalue weighted by Gasteiger charge is -2.17. The Labute approximate surface area is 156 Å². The van der Waals surface area contributed by atoms with E-state index in [4.69, 9.17) is 0 Å². The molecule has 144 valence electrons. The SMILES string of the molecule is CC(C)(C)C(=O)NCCCCNC(=O)c1cncc(C(=O)C(C)(C)C)c1. The molecule has 0 unspecified atom stereocenters. The molecule has 0 radical (unpaired) electrons. The normalized spacial score (nSPS) is 11.8. The van der Waals surface area contributed by atoms with Crippen LogP contribution in [0.5, 0.6) is 0 Å². The summed E-state index contributed by atoms with van der Waals surface area (Å²) in [7, 11) is 0. The highest BCUT2D eigenvalue weighted by Gasteiger charge is 2.24. The van der Waals surface area contributed by atoms with Gasteiger partial charge in [0.2, 0.25) is 5.91 Å². The summed E-state index contributed by atoms with van der Waals surface area (Å²) in [4.78, 5) is 40.2. The number of amides is 2. The number of carbonyl (C=O) groups excluding carboxylic acids is 3. The summed E-state index contributed by atoms with van der Waals surface area (Å²) in [5, 5.41) is 5.70. The fourth-order valence-electron chi connectivity index (χ4n) is 2.14. The van der Waals surface area contributed by atoms with Crippen LogP contribution in [0.2, 0.25) is 0 Å². The molecule has 2 amide bonds. The molecule has 0 atom stereocenters. The molecule has 26 heavy (non-hydrogen) atoms. The highest BCUT2D eigenvalue weighted by Crippen LogP contribution is 2.20. The third kappa shape index (κ3) is 6.94. The summed E-state index contributed by atoms with van der Waals surface area (Å²) in [6.45, 7) is 12.2. The van der Waals surface area contributed by atoms with E-state index in [0.29, 0.717) is 24.2 Å². The van der Waals surface area contributed by atoms with Gasteiger partial charge in [-0.3, -0.25) is 19.4 Å². The predicted molar refractivity (Wildman–Crippen MR) is 102 cm³/mol. The second kappa shape index (κ2) is 8.92. The largest absolute Gasteiger partial charge is 0.356 e. The highest BCUT2D eigenvalue weighted by molar-refractivity contribution is 6.02. The molecule has 2 N–H and O–H groups in total. The van der Waals surface area contributed by atoms with Gasteiger partial charge >= 0.3 is 0 Å². The van der Waals surface area contributed by atoms with Crippen molar-refractivity contribution in [3.63, 3.8) is 0 Å². The first-order valence-electron chi connectivity index (χ1n) is 8.99. The Morgan fingerprint density at radius 3 is 1.92 bits per heavy atom. The fourth-order valence-corrected chi connectivity index (χ4v) is 2.14. The van der Waals surface area contributed by atoms with Crippen LogP contribution < -0.4 is 10.6 Å². The number of hydrogen-bond acceptors (Lipinski definition) is 4. The van der Waals surface area contributed by atoms with Gasteiger partial charge < -0.3 is 10.6 Å². The van der Waals surface area contributed by atoms with Gasteiger partial charge in [-0.05, 0) is 18.9 Å². The second-order valence-electron chi connectivity index (χ2n) is 8.51.